The van der Waals surface area contributed by atoms with Crippen molar-refractivity contribution in [2.45, 2.75) is 26.3 Å². The second-order valence-electron chi connectivity index (χ2n) is 4.84. The summed E-state index contributed by atoms with van der Waals surface area (Å²) in [6.45, 7) is 4.25. The van der Waals surface area contributed by atoms with Crippen LogP contribution in [0.15, 0.2) is 42.5 Å². The lowest BCUT2D eigenvalue weighted by Crippen LogP contribution is -2.30. The van der Waals surface area contributed by atoms with Gasteiger partial charge in [0.2, 0.25) is 0 Å². The number of halogens is 1. The molecule has 1 unspecified atom stereocenters. The van der Waals surface area contributed by atoms with Crippen LogP contribution in [-0.4, -0.2) is 0 Å². The first kappa shape index (κ1) is 14.1. The van der Waals surface area contributed by atoms with Crippen LogP contribution in [0.2, 0.25) is 5.02 Å². The molecule has 0 fully saturated rings. The van der Waals surface area contributed by atoms with Gasteiger partial charge in [-0.15, -0.1) is 0 Å². The Kier molecular flexibility index (Phi) is 4.59. The zero-order valence-electron chi connectivity index (χ0n) is 11.3. The summed E-state index contributed by atoms with van der Waals surface area (Å²) in [7, 11) is 0. The first-order valence-electron chi connectivity index (χ1n) is 6.38. The second-order valence-corrected chi connectivity index (χ2v) is 5.28. The van der Waals surface area contributed by atoms with Gasteiger partial charge in [0, 0.05) is 5.02 Å². The van der Waals surface area contributed by atoms with E-state index in [1.807, 2.05) is 18.2 Å². The average molecular weight is 275 g/mol. The molecule has 3 heteroatoms. The number of hydrogen-bond acceptors (Lipinski definition) is 2. The molecule has 0 radical (unpaired) electrons. The summed E-state index contributed by atoms with van der Waals surface area (Å²) in [6.07, 6.45) is 0.821. The monoisotopic (exact) mass is 274 g/mol. The fourth-order valence-corrected chi connectivity index (χ4v) is 2.52. The Bertz CT molecular complexity index is 566. The van der Waals surface area contributed by atoms with Crippen molar-refractivity contribution in [1.82, 2.24) is 5.43 Å². The van der Waals surface area contributed by atoms with E-state index < -0.39 is 0 Å². The van der Waals surface area contributed by atoms with Gasteiger partial charge in [0.05, 0.1) is 6.04 Å². The minimum Gasteiger partial charge on any atom is -0.271 e. The van der Waals surface area contributed by atoms with E-state index in [0.29, 0.717) is 0 Å². The van der Waals surface area contributed by atoms with E-state index in [0.717, 1.165) is 11.4 Å². The maximum absolute atomic E-state index is 6.02. The molecule has 0 aliphatic rings. The van der Waals surface area contributed by atoms with Gasteiger partial charge in [-0.1, -0.05) is 41.9 Å². The van der Waals surface area contributed by atoms with Crippen LogP contribution in [0.4, 0.5) is 0 Å². The molecule has 19 heavy (non-hydrogen) atoms. The van der Waals surface area contributed by atoms with Crippen molar-refractivity contribution < 1.29 is 0 Å². The quantitative estimate of drug-likeness (QED) is 0.659. The highest BCUT2D eigenvalue weighted by molar-refractivity contribution is 6.30. The van der Waals surface area contributed by atoms with Crippen molar-refractivity contribution in [2.75, 3.05) is 0 Å². The van der Waals surface area contributed by atoms with E-state index in [-0.39, 0.29) is 6.04 Å². The van der Waals surface area contributed by atoms with Gasteiger partial charge < -0.3 is 0 Å². The van der Waals surface area contributed by atoms with E-state index in [2.05, 4.69) is 43.5 Å². The number of hydrogen-bond donors (Lipinski definition) is 2. The molecule has 2 rings (SSSR count). The summed E-state index contributed by atoms with van der Waals surface area (Å²) < 4.78 is 0. The predicted octanol–water partition coefficient (Wildman–Crippen LogP) is 3.70. The number of aryl methyl sites for hydroxylation is 1. The Morgan fingerprint density at radius 1 is 1.16 bits per heavy atom. The van der Waals surface area contributed by atoms with E-state index in [9.17, 15) is 0 Å². The summed E-state index contributed by atoms with van der Waals surface area (Å²) in [4.78, 5) is 0. The number of benzene rings is 2. The van der Waals surface area contributed by atoms with E-state index in [1.165, 1.54) is 22.3 Å². The van der Waals surface area contributed by atoms with Gasteiger partial charge in [-0.3, -0.25) is 11.3 Å². The molecule has 0 amide bonds. The van der Waals surface area contributed by atoms with Crippen LogP contribution in [-0.2, 0) is 6.42 Å². The number of nitrogens with one attached hydrogen (secondary N) is 1. The fraction of sp³-hybridized carbons (Fsp3) is 0.250. The molecule has 2 aromatic carbocycles. The maximum Gasteiger partial charge on any atom is 0.0503 e. The largest absolute Gasteiger partial charge is 0.271 e. The second kappa shape index (κ2) is 6.20. The van der Waals surface area contributed by atoms with Gasteiger partial charge in [-0.2, -0.15) is 0 Å². The molecule has 2 aromatic rings. The molecular weight excluding hydrogens is 256 g/mol. The normalized spacial score (nSPS) is 12.4. The van der Waals surface area contributed by atoms with Crippen LogP contribution in [0.3, 0.4) is 0 Å². The van der Waals surface area contributed by atoms with Gasteiger partial charge in [0.1, 0.15) is 0 Å². The molecular formula is C16H19ClN2. The van der Waals surface area contributed by atoms with Crippen molar-refractivity contribution in [2.24, 2.45) is 5.84 Å². The zero-order valence-corrected chi connectivity index (χ0v) is 12.0. The Labute approximate surface area is 119 Å². The average Bonchev–Trinajstić information content (AvgIpc) is 2.40. The van der Waals surface area contributed by atoms with Crippen molar-refractivity contribution in [3.05, 3.63) is 69.7 Å². The third kappa shape index (κ3) is 3.35. The SMILES string of the molecule is Cc1cccc(C(Cc2cccc(Cl)c2)NN)c1C. The lowest BCUT2D eigenvalue weighted by molar-refractivity contribution is 0.549. The highest BCUT2D eigenvalue weighted by Crippen LogP contribution is 2.24. The Balaban J connectivity index is 2.28. The van der Waals surface area contributed by atoms with Crippen LogP contribution in [0.1, 0.15) is 28.3 Å². The lowest BCUT2D eigenvalue weighted by atomic mass is 9.93. The highest BCUT2D eigenvalue weighted by Gasteiger charge is 2.13. The van der Waals surface area contributed by atoms with Crippen molar-refractivity contribution in [1.29, 1.82) is 0 Å². The van der Waals surface area contributed by atoms with Gasteiger partial charge in [-0.25, -0.2) is 0 Å². The molecule has 0 aliphatic carbocycles. The molecule has 0 saturated heterocycles. The number of hydrazine groups is 1. The van der Waals surface area contributed by atoms with E-state index in [1.54, 1.807) is 0 Å². The van der Waals surface area contributed by atoms with Crippen LogP contribution in [0, 0.1) is 13.8 Å². The minimum atomic E-state index is 0.0957. The standard InChI is InChI=1S/C16H19ClN2/c1-11-5-3-8-15(12(11)2)16(19-18)10-13-6-4-7-14(17)9-13/h3-9,16,19H,10,18H2,1-2H3. The molecule has 0 bridgehead atoms. The molecule has 0 aromatic heterocycles. The Morgan fingerprint density at radius 3 is 2.58 bits per heavy atom. The van der Waals surface area contributed by atoms with Crippen LogP contribution >= 0.6 is 11.6 Å². The number of nitrogens with two attached hydrogens (primary N) is 1. The lowest BCUT2D eigenvalue weighted by Gasteiger charge is -2.20. The van der Waals surface area contributed by atoms with Crippen LogP contribution < -0.4 is 11.3 Å². The van der Waals surface area contributed by atoms with E-state index >= 15 is 0 Å². The third-order valence-electron chi connectivity index (χ3n) is 3.55. The van der Waals surface area contributed by atoms with E-state index in [4.69, 9.17) is 17.4 Å². The number of rotatable bonds is 4. The van der Waals surface area contributed by atoms with Crippen molar-refractivity contribution in [3.63, 3.8) is 0 Å². The maximum atomic E-state index is 6.02. The highest BCUT2D eigenvalue weighted by atomic mass is 35.5. The first-order valence-corrected chi connectivity index (χ1v) is 6.76. The molecule has 0 saturated carbocycles. The summed E-state index contributed by atoms with van der Waals surface area (Å²) >= 11 is 6.02. The van der Waals surface area contributed by atoms with Gasteiger partial charge in [-0.05, 0) is 54.7 Å². The van der Waals surface area contributed by atoms with Crippen LogP contribution in [0.25, 0.3) is 0 Å². The van der Waals surface area contributed by atoms with Gasteiger partial charge in [0.25, 0.3) is 0 Å². The van der Waals surface area contributed by atoms with Crippen molar-refractivity contribution in [3.8, 4) is 0 Å². The molecule has 0 heterocycles. The molecule has 1 atom stereocenters. The summed E-state index contributed by atoms with van der Waals surface area (Å²) in [6, 6.07) is 14.3. The van der Waals surface area contributed by atoms with Gasteiger partial charge in [0.15, 0.2) is 0 Å². The predicted molar refractivity (Wildman–Crippen MR) is 81.1 cm³/mol. The topological polar surface area (TPSA) is 38.0 Å². The minimum absolute atomic E-state index is 0.0957. The molecule has 3 N–H and O–H groups in total. The molecule has 0 aliphatic heterocycles. The molecule has 0 spiro atoms. The third-order valence-corrected chi connectivity index (χ3v) is 3.79. The van der Waals surface area contributed by atoms with Gasteiger partial charge >= 0.3 is 0 Å². The molecule has 100 valence electrons. The summed E-state index contributed by atoms with van der Waals surface area (Å²) in [5, 5.41) is 0.759. The fourth-order valence-electron chi connectivity index (χ4n) is 2.31. The summed E-state index contributed by atoms with van der Waals surface area (Å²) in [5.74, 6) is 5.73. The molecule has 2 nitrogen and oxygen atoms in total. The smallest absolute Gasteiger partial charge is 0.0503 e. The Hall–Kier alpha value is -1.35. The first-order chi connectivity index (χ1) is 9.11. The van der Waals surface area contributed by atoms with Crippen LogP contribution in [0.5, 0.6) is 0 Å². The Morgan fingerprint density at radius 2 is 1.89 bits per heavy atom. The zero-order chi connectivity index (χ0) is 13.8. The van der Waals surface area contributed by atoms with Crippen molar-refractivity contribution >= 4 is 11.6 Å². The summed E-state index contributed by atoms with van der Waals surface area (Å²) in [5.41, 5.74) is 7.89.